The quantitative estimate of drug-likeness (QED) is 0.494. The molecule has 0 spiro atoms. The third-order valence-corrected chi connectivity index (χ3v) is 1.55. The van der Waals surface area contributed by atoms with Crippen LogP contribution in [0.5, 0.6) is 0 Å². The average molecular weight is 151 g/mol. The maximum Gasteiger partial charge on any atom is 0.142 e. The topological polar surface area (TPSA) is 78.1 Å². The zero-order valence-corrected chi connectivity index (χ0v) is 6.54. The first-order valence-electron chi connectivity index (χ1n) is 3.44. The van der Waals surface area contributed by atoms with Gasteiger partial charge in [0.25, 0.3) is 0 Å². The molecule has 0 aliphatic rings. The molecule has 0 unspecified atom stereocenters. The minimum absolute atomic E-state index is 0.739. The summed E-state index contributed by atoms with van der Waals surface area (Å²) in [6.45, 7) is 2.00. The molecule has 11 heavy (non-hydrogen) atoms. The first-order valence-corrected chi connectivity index (χ1v) is 3.44. The van der Waals surface area contributed by atoms with E-state index in [1.54, 1.807) is 0 Å². The van der Waals surface area contributed by atoms with Gasteiger partial charge in [0.2, 0.25) is 0 Å². The van der Waals surface area contributed by atoms with Gasteiger partial charge in [0.1, 0.15) is 5.79 Å². The second-order valence-electron chi connectivity index (χ2n) is 2.80. The molecule has 0 bridgehead atoms. The van der Waals surface area contributed by atoms with E-state index in [0.717, 1.165) is 11.1 Å². The van der Waals surface area contributed by atoms with E-state index in [2.05, 4.69) is 0 Å². The predicted molar refractivity (Wildman–Crippen MR) is 45.4 cm³/mol. The highest BCUT2D eigenvalue weighted by molar-refractivity contribution is 5.25. The van der Waals surface area contributed by atoms with Crippen molar-refractivity contribution in [1.29, 1.82) is 0 Å². The molecule has 0 aromatic heterocycles. The highest BCUT2D eigenvalue weighted by Crippen LogP contribution is 2.07. The zero-order chi connectivity index (χ0) is 8.48. The number of benzene rings is 1. The van der Waals surface area contributed by atoms with Crippen molar-refractivity contribution in [3.8, 4) is 0 Å². The molecule has 0 saturated heterocycles. The van der Waals surface area contributed by atoms with Gasteiger partial charge in [0.05, 0.1) is 0 Å². The summed E-state index contributed by atoms with van der Waals surface area (Å²) in [6, 6.07) is 7.51. The smallest absolute Gasteiger partial charge is 0.142 e. The Morgan fingerprint density at radius 1 is 1.00 bits per heavy atom. The maximum absolute atomic E-state index is 5.46. The van der Waals surface area contributed by atoms with Gasteiger partial charge in [-0.1, -0.05) is 29.8 Å². The van der Waals surface area contributed by atoms with E-state index < -0.39 is 5.79 Å². The van der Waals surface area contributed by atoms with Crippen molar-refractivity contribution < 1.29 is 0 Å². The van der Waals surface area contributed by atoms with Gasteiger partial charge in [0, 0.05) is 5.56 Å². The van der Waals surface area contributed by atoms with Gasteiger partial charge >= 0.3 is 0 Å². The van der Waals surface area contributed by atoms with Crippen LogP contribution >= 0.6 is 0 Å². The summed E-state index contributed by atoms with van der Waals surface area (Å²) in [4.78, 5) is 0. The van der Waals surface area contributed by atoms with Crippen molar-refractivity contribution in [1.82, 2.24) is 0 Å². The van der Waals surface area contributed by atoms with Gasteiger partial charge in [-0.25, -0.2) is 0 Å². The zero-order valence-electron chi connectivity index (χ0n) is 6.54. The van der Waals surface area contributed by atoms with Gasteiger partial charge in [0.15, 0.2) is 0 Å². The third kappa shape index (κ3) is 2.01. The van der Waals surface area contributed by atoms with Crippen molar-refractivity contribution in [2.24, 2.45) is 17.2 Å². The number of aryl methyl sites for hydroxylation is 1. The molecular weight excluding hydrogens is 138 g/mol. The van der Waals surface area contributed by atoms with Crippen molar-refractivity contribution in [3.63, 3.8) is 0 Å². The number of nitrogens with two attached hydrogens (primary N) is 3. The first kappa shape index (κ1) is 8.20. The standard InChI is InChI=1S/C8H13N3/c1-6-2-4-7(5-3-6)8(9,10)11/h2-5H,9-11H2,1H3. The Hall–Kier alpha value is -0.900. The van der Waals surface area contributed by atoms with E-state index in [1.165, 1.54) is 0 Å². The molecule has 0 saturated carbocycles. The van der Waals surface area contributed by atoms with Gasteiger partial charge in [-0.15, -0.1) is 0 Å². The van der Waals surface area contributed by atoms with E-state index in [-0.39, 0.29) is 0 Å². The van der Waals surface area contributed by atoms with Gasteiger partial charge in [-0.05, 0) is 6.92 Å². The minimum Gasteiger partial charge on any atom is -0.297 e. The second kappa shape index (κ2) is 2.62. The molecule has 1 aromatic rings. The molecule has 0 aliphatic heterocycles. The van der Waals surface area contributed by atoms with Crippen molar-refractivity contribution in [3.05, 3.63) is 35.4 Å². The van der Waals surface area contributed by atoms with Crippen LogP contribution < -0.4 is 17.2 Å². The normalized spacial score (nSPS) is 11.6. The van der Waals surface area contributed by atoms with E-state index in [4.69, 9.17) is 17.2 Å². The molecule has 1 aromatic carbocycles. The lowest BCUT2D eigenvalue weighted by atomic mass is 10.1. The second-order valence-corrected chi connectivity index (χ2v) is 2.80. The summed E-state index contributed by atoms with van der Waals surface area (Å²) in [5.74, 6) is -1.21. The number of hydrogen-bond donors (Lipinski definition) is 3. The minimum atomic E-state index is -1.21. The van der Waals surface area contributed by atoms with Crippen LogP contribution in [0.15, 0.2) is 24.3 Å². The summed E-state index contributed by atoms with van der Waals surface area (Å²) >= 11 is 0. The lowest BCUT2D eigenvalue weighted by Crippen LogP contribution is -2.54. The van der Waals surface area contributed by atoms with E-state index in [0.29, 0.717) is 0 Å². The van der Waals surface area contributed by atoms with Crippen LogP contribution in [-0.2, 0) is 5.79 Å². The molecule has 0 amide bonds. The molecule has 3 nitrogen and oxygen atoms in total. The molecular formula is C8H13N3. The highest BCUT2D eigenvalue weighted by atomic mass is 15.1. The largest absolute Gasteiger partial charge is 0.297 e. The van der Waals surface area contributed by atoms with Gasteiger partial charge in [-0.3, -0.25) is 17.2 Å². The summed E-state index contributed by atoms with van der Waals surface area (Å²) in [5.41, 5.74) is 18.3. The van der Waals surface area contributed by atoms with E-state index in [1.807, 2.05) is 31.2 Å². The Kier molecular flexibility index (Phi) is 1.95. The molecule has 0 radical (unpaired) electrons. The van der Waals surface area contributed by atoms with Crippen LogP contribution in [0.3, 0.4) is 0 Å². The molecule has 0 fully saturated rings. The molecule has 0 atom stereocenters. The lowest BCUT2D eigenvalue weighted by Gasteiger charge is -2.18. The summed E-state index contributed by atoms with van der Waals surface area (Å²) < 4.78 is 0. The third-order valence-electron chi connectivity index (χ3n) is 1.55. The lowest BCUT2D eigenvalue weighted by molar-refractivity contribution is 0.488. The van der Waals surface area contributed by atoms with Crippen LogP contribution in [0.25, 0.3) is 0 Å². The monoisotopic (exact) mass is 151 g/mol. The van der Waals surface area contributed by atoms with E-state index in [9.17, 15) is 0 Å². The fourth-order valence-corrected chi connectivity index (χ4v) is 0.842. The van der Waals surface area contributed by atoms with Gasteiger partial charge in [-0.2, -0.15) is 0 Å². The van der Waals surface area contributed by atoms with Crippen LogP contribution in [0.1, 0.15) is 11.1 Å². The molecule has 0 heterocycles. The molecule has 60 valence electrons. The Balaban J connectivity index is 2.99. The molecule has 6 N–H and O–H groups in total. The van der Waals surface area contributed by atoms with Crippen LogP contribution in [0.4, 0.5) is 0 Å². The van der Waals surface area contributed by atoms with Crippen LogP contribution in [-0.4, -0.2) is 0 Å². The predicted octanol–water partition coefficient (Wildman–Crippen LogP) is -0.0186. The number of hydrogen-bond acceptors (Lipinski definition) is 3. The Morgan fingerprint density at radius 3 is 1.82 bits per heavy atom. The van der Waals surface area contributed by atoms with Crippen molar-refractivity contribution in [2.75, 3.05) is 0 Å². The molecule has 0 aliphatic carbocycles. The first-order chi connectivity index (χ1) is 5.00. The number of rotatable bonds is 1. The molecule has 3 heteroatoms. The summed E-state index contributed by atoms with van der Waals surface area (Å²) in [6.07, 6.45) is 0. The summed E-state index contributed by atoms with van der Waals surface area (Å²) in [5, 5.41) is 0. The fourth-order valence-electron chi connectivity index (χ4n) is 0.842. The maximum atomic E-state index is 5.46. The Labute approximate surface area is 66.2 Å². The van der Waals surface area contributed by atoms with Crippen molar-refractivity contribution in [2.45, 2.75) is 12.7 Å². The van der Waals surface area contributed by atoms with Crippen LogP contribution in [0, 0.1) is 6.92 Å². The van der Waals surface area contributed by atoms with Crippen LogP contribution in [0.2, 0.25) is 0 Å². The SMILES string of the molecule is Cc1ccc(C(N)(N)N)cc1. The average Bonchev–Trinajstić information content (AvgIpc) is 1.86. The Bertz CT molecular complexity index is 233. The van der Waals surface area contributed by atoms with E-state index >= 15 is 0 Å². The van der Waals surface area contributed by atoms with Crippen molar-refractivity contribution >= 4 is 0 Å². The highest BCUT2D eigenvalue weighted by Gasteiger charge is 2.13. The molecule has 1 rings (SSSR count). The Morgan fingerprint density at radius 2 is 1.45 bits per heavy atom. The van der Waals surface area contributed by atoms with Gasteiger partial charge < -0.3 is 0 Å². The fraction of sp³-hybridized carbons (Fsp3) is 0.250. The summed E-state index contributed by atoms with van der Waals surface area (Å²) in [7, 11) is 0.